The van der Waals surface area contributed by atoms with Crippen LogP contribution >= 0.6 is 0 Å². The van der Waals surface area contributed by atoms with Gasteiger partial charge in [-0.15, -0.1) is 13.2 Å². The molecule has 1 aliphatic carbocycles. The summed E-state index contributed by atoms with van der Waals surface area (Å²) >= 11 is 0. The van der Waals surface area contributed by atoms with Crippen LogP contribution in [0.5, 0.6) is 5.75 Å². The number of fused-ring (bicyclic) bond motifs is 3. The molecule has 29 heavy (non-hydrogen) atoms. The maximum absolute atomic E-state index is 12.6. The van der Waals surface area contributed by atoms with E-state index >= 15 is 0 Å². The molecule has 7 heteroatoms. The van der Waals surface area contributed by atoms with Crippen molar-refractivity contribution in [3.05, 3.63) is 89.0 Å². The van der Waals surface area contributed by atoms with E-state index in [1.165, 1.54) is 24.3 Å². The maximum atomic E-state index is 12.6. The Kier molecular flexibility index (Phi) is 4.58. The average Bonchev–Trinajstić information content (AvgIpc) is 2.98. The minimum atomic E-state index is -4.82. The van der Waals surface area contributed by atoms with E-state index in [9.17, 15) is 22.8 Å². The topological polar surface area (TPSA) is 55.4 Å². The summed E-state index contributed by atoms with van der Waals surface area (Å²) in [6.07, 6.45) is -4.82. The predicted octanol–water partition coefficient (Wildman–Crippen LogP) is 4.73. The Bertz CT molecular complexity index is 1120. The van der Waals surface area contributed by atoms with Gasteiger partial charge in [-0.3, -0.25) is 9.59 Å². The fraction of sp³-hybridized carbons (Fsp3) is 0.0909. The Hall–Kier alpha value is -3.61. The summed E-state index contributed by atoms with van der Waals surface area (Å²) in [6, 6.07) is 17.6. The SMILES string of the molecule is O=C(NCc1ccccc1OC(F)(F)F)c1ccc2c(c1)C(=O)c1ccccc1-2. The summed E-state index contributed by atoms with van der Waals surface area (Å²) in [5.74, 6) is -1.03. The number of amides is 1. The van der Waals surface area contributed by atoms with E-state index in [1.54, 1.807) is 30.3 Å². The lowest BCUT2D eigenvalue weighted by Crippen LogP contribution is -2.24. The number of halogens is 3. The summed E-state index contributed by atoms with van der Waals surface area (Å²) in [6.45, 7) is -0.156. The third kappa shape index (κ3) is 3.71. The highest BCUT2D eigenvalue weighted by Gasteiger charge is 2.32. The molecule has 146 valence electrons. The third-order valence-corrected chi connectivity index (χ3v) is 4.63. The molecule has 0 fully saturated rings. The van der Waals surface area contributed by atoms with Crippen LogP contribution < -0.4 is 10.1 Å². The molecule has 1 amide bonds. The minimum absolute atomic E-state index is 0.156. The molecule has 0 saturated carbocycles. The first-order chi connectivity index (χ1) is 13.8. The van der Waals surface area contributed by atoms with E-state index in [0.717, 1.165) is 11.1 Å². The number of hydrogen-bond donors (Lipinski definition) is 1. The first-order valence-electron chi connectivity index (χ1n) is 8.73. The van der Waals surface area contributed by atoms with Crippen molar-refractivity contribution < 1.29 is 27.5 Å². The summed E-state index contributed by atoms with van der Waals surface area (Å²) in [5.41, 5.74) is 3.02. The molecule has 0 aromatic heterocycles. The molecule has 3 aromatic carbocycles. The van der Waals surface area contributed by atoms with Gasteiger partial charge in [0.25, 0.3) is 5.91 Å². The van der Waals surface area contributed by atoms with Gasteiger partial charge in [-0.05, 0) is 29.3 Å². The van der Waals surface area contributed by atoms with E-state index in [2.05, 4.69) is 10.1 Å². The van der Waals surface area contributed by atoms with Crippen LogP contribution in [0.3, 0.4) is 0 Å². The predicted molar refractivity (Wildman–Crippen MR) is 99.6 cm³/mol. The Morgan fingerprint density at radius 1 is 0.862 bits per heavy atom. The molecular weight excluding hydrogens is 383 g/mol. The van der Waals surface area contributed by atoms with Crippen molar-refractivity contribution in [3.63, 3.8) is 0 Å². The lowest BCUT2D eigenvalue weighted by atomic mass is 10.0. The lowest BCUT2D eigenvalue weighted by Gasteiger charge is -2.13. The molecule has 0 unspecified atom stereocenters. The number of alkyl halides is 3. The van der Waals surface area contributed by atoms with E-state index in [1.807, 2.05) is 12.1 Å². The second-order valence-corrected chi connectivity index (χ2v) is 6.47. The first kappa shape index (κ1) is 18.7. The van der Waals surface area contributed by atoms with Gasteiger partial charge in [0, 0.05) is 28.8 Å². The molecule has 0 heterocycles. The summed E-state index contributed by atoms with van der Waals surface area (Å²) in [5, 5.41) is 2.57. The fourth-order valence-corrected chi connectivity index (χ4v) is 3.32. The molecular formula is C22H14F3NO3. The van der Waals surface area contributed by atoms with Crippen molar-refractivity contribution in [2.45, 2.75) is 12.9 Å². The van der Waals surface area contributed by atoms with Gasteiger partial charge in [-0.2, -0.15) is 0 Å². The molecule has 0 bridgehead atoms. The van der Waals surface area contributed by atoms with E-state index < -0.39 is 12.3 Å². The summed E-state index contributed by atoms with van der Waals surface area (Å²) < 4.78 is 41.5. The quantitative estimate of drug-likeness (QED) is 0.542. The zero-order valence-corrected chi connectivity index (χ0v) is 14.9. The van der Waals surface area contributed by atoms with Crippen molar-refractivity contribution in [1.82, 2.24) is 5.32 Å². The van der Waals surface area contributed by atoms with Crippen molar-refractivity contribution in [1.29, 1.82) is 0 Å². The lowest BCUT2D eigenvalue weighted by molar-refractivity contribution is -0.274. The largest absolute Gasteiger partial charge is 0.573 e. The van der Waals surface area contributed by atoms with Crippen LogP contribution in [0.4, 0.5) is 13.2 Å². The number of rotatable bonds is 4. The Labute approximate surface area is 163 Å². The summed E-state index contributed by atoms with van der Waals surface area (Å²) in [7, 11) is 0. The highest BCUT2D eigenvalue weighted by atomic mass is 19.4. The van der Waals surface area contributed by atoms with E-state index in [4.69, 9.17) is 0 Å². The standard InChI is InChI=1S/C22H14F3NO3/c23-22(24,25)29-19-8-4-1-5-14(19)12-26-21(28)13-9-10-16-15-6-2-3-7-17(15)20(27)18(16)11-13/h1-11H,12H2,(H,26,28). The van der Waals surface area contributed by atoms with Crippen LogP contribution in [0.25, 0.3) is 11.1 Å². The van der Waals surface area contributed by atoms with Gasteiger partial charge in [0.2, 0.25) is 0 Å². The Balaban J connectivity index is 1.52. The molecule has 0 aliphatic heterocycles. The molecule has 4 rings (SSSR count). The Morgan fingerprint density at radius 3 is 2.28 bits per heavy atom. The van der Waals surface area contributed by atoms with Gasteiger partial charge in [-0.1, -0.05) is 48.5 Å². The average molecular weight is 397 g/mol. The van der Waals surface area contributed by atoms with Crippen molar-refractivity contribution >= 4 is 11.7 Å². The Morgan fingerprint density at radius 2 is 1.52 bits per heavy atom. The molecule has 0 spiro atoms. The van der Waals surface area contributed by atoms with Crippen LogP contribution in [0.2, 0.25) is 0 Å². The molecule has 1 N–H and O–H groups in total. The zero-order chi connectivity index (χ0) is 20.6. The first-order valence-corrected chi connectivity index (χ1v) is 8.73. The number of carbonyl (C=O) groups excluding carboxylic acids is 2. The van der Waals surface area contributed by atoms with Crippen LogP contribution in [0.1, 0.15) is 31.8 Å². The van der Waals surface area contributed by atoms with E-state index in [-0.39, 0.29) is 29.2 Å². The zero-order valence-electron chi connectivity index (χ0n) is 14.9. The normalized spacial score (nSPS) is 12.3. The van der Waals surface area contributed by atoms with Crippen LogP contribution in [-0.2, 0) is 6.54 Å². The van der Waals surface area contributed by atoms with Gasteiger partial charge in [0.15, 0.2) is 5.78 Å². The second kappa shape index (κ2) is 7.09. The molecule has 1 aliphatic rings. The fourth-order valence-electron chi connectivity index (χ4n) is 3.32. The smallest absolute Gasteiger partial charge is 0.405 e. The van der Waals surface area contributed by atoms with Gasteiger partial charge < -0.3 is 10.1 Å². The van der Waals surface area contributed by atoms with Gasteiger partial charge in [-0.25, -0.2) is 0 Å². The number of hydrogen-bond acceptors (Lipinski definition) is 3. The number of ether oxygens (including phenoxy) is 1. The minimum Gasteiger partial charge on any atom is -0.405 e. The maximum Gasteiger partial charge on any atom is 0.573 e. The van der Waals surface area contributed by atoms with Crippen molar-refractivity contribution in [2.75, 3.05) is 0 Å². The second-order valence-electron chi connectivity index (χ2n) is 6.47. The number of nitrogens with one attached hydrogen (secondary N) is 1. The van der Waals surface area contributed by atoms with Crippen molar-refractivity contribution in [3.8, 4) is 16.9 Å². The molecule has 0 saturated heterocycles. The molecule has 0 atom stereocenters. The van der Waals surface area contributed by atoms with Crippen LogP contribution in [0.15, 0.2) is 66.7 Å². The third-order valence-electron chi connectivity index (χ3n) is 4.63. The molecule has 0 radical (unpaired) electrons. The summed E-state index contributed by atoms with van der Waals surface area (Å²) in [4.78, 5) is 25.1. The van der Waals surface area contributed by atoms with Gasteiger partial charge in [0.1, 0.15) is 5.75 Å². The van der Waals surface area contributed by atoms with Crippen molar-refractivity contribution in [2.24, 2.45) is 0 Å². The highest BCUT2D eigenvalue weighted by Crippen LogP contribution is 2.36. The van der Waals surface area contributed by atoms with Crippen LogP contribution in [-0.4, -0.2) is 18.1 Å². The number of para-hydroxylation sites is 1. The number of benzene rings is 3. The van der Waals surface area contributed by atoms with Gasteiger partial charge >= 0.3 is 6.36 Å². The molecule has 4 nitrogen and oxygen atoms in total. The monoisotopic (exact) mass is 397 g/mol. The number of carbonyl (C=O) groups is 2. The van der Waals surface area contributed by atoms with E-state index in [0.29, 0.717) is 11.1 Å². The molecule has 3 aromatic rings. The number of ketones is 1. The van der Waals surface area contributed by atoms with Gasteiger partial charge in [0.05, 0.1) is 0 Å². The van der Waals surface area contributed by atoms with Crippen LogP contribution in [0, 0.1) is 0 Å². The highest BCUT2D eigenvalue weighted by molar-refractivity contribution is 6.22.